The van der Waals surface area contributed by atoms with Crippen LogP contribution < -0.4 is 10.1 Å². The van der Waals surface area contributed by atoms with Gasteiger partial charge in [-0.05, 0) is 54.5 Å². The van der Waals surface area contributed by atoms with E-state index in [2.05, 4.69) is 80.5 Å². The number of methoxy groups -OCH3 is 1. The molecule has 0 saturated heterocycles. The molecule has 1 aromatic heterocycles. The Labute approximate surface area is 207 Å². The van der Waals surface area contributed by atoms with Crippen LogP contribution in [0, 0.1) is 18.3 Å². The van der Waals surface area contributed by atoms with Crippen molar-refractivity contribution in [2.24, 2.45) is 11.3 Å². The summed E-state index contributed by atoms with van der Waals surface area (Å²) in [6.45, 7) is 11.1. The quantitative estimate of drug-likeness (QED) is 0.363. The number of amides is 1. The van der Waals surface area contributed by atoms with Crippen LogP contribution >= 0.6 is 11.8 Å². The Kier molecular flexibility index (Phi) is 8.78. The second kappa shape index (κ2) is 11.6. The zero-order chi connectivity index (χ0) is 24.7. The third-order valence-corrected chi connectivity index (χ3v) is 6.43. The Morgan fingerprint density at radius 2 is 1.88 bits per heavy atom. The molecule has 0 saturated carbocycles. The van der Waals surface area contributed by atoms with Crippen LogP contribution in [0.15, 0.2) is 53.7 Å². The van der Waals surface area contributed by atoms with Crippen molar-refractivity contribution in [1.29, 1.82) is 0 Å². The number of ether oxygens (including phenoxy) is 1. The standard InChI is InChI=1S/C27H36N4O2S/c1-19-10-12-22(13-11-19)31-24(17-28-25(32)14-20(2)16-27(3,4)5)29-30-26(31)34-18-21-8-7-9-23(15-21)33-6/h7-13,15,20H,14,16-18H2,1-6H3,(H,28,32). The molecule has 1 N–H and O–H groups in total. The van der Waals surface area contributed by atoms with E-state index in [-0.39, 0.29) is 11.3 Å². The topological polar surface area (TPSA) is 69.0 Å². The van der Waals surface area contributed by atoms with Gasteiger partial charge >= 0.3 is 0 Å². The molecule has 1 atom stereocenters. The lowest BCUT2D eigenvalue weighted by atomic mass is 9.84. The number of hydrogen-bond acceptors (Lipinski definition) is 5. The molecule has 0 aliphatic rings. The second-order valence-corrected chi connectivity index (χ2v) is 11.0. The van der Waals surface area contributed by atoms with Gasteiger partial charge in [-0.2, -0.15) is 0 Å². The lowest BCUT2D eigenvalue weighted by molar-refractivity contribution is -0.122. The van der Waals surface area contributed by atoms with Gasteiger partial charge in [0.1, 0.15) is 5.75 Å². The number of thioether (sulfide) groups is 1. The molecule has 182 valence electrons. The van der Waals surface area contributed by atoms with Crippen LogP contribution in [0.2, 0.25) is 0 Å². The number of nitrogens with one attached hydrogen (secondary N) is 1. The van der Waals surface area contributed by atoms with E-state index in [0.717, 1.165) is 34.3 Å². The number of nitrogens with zero attached hydrogens (tertiary/aromatic N) is 3. The lowest BCUT2D eigenvalue weighted by Gasteiger charge is -2.22. The van der Waals surface area contributed by atoms with Crippen molar-refractivity contribution in [2.45, 2.75) is 64.9 Å². The van der Waals surface area contributed by atoms with E-state index in [1.165, 1.54) is 5.56 Å². The number of carbonyl (C=O) groups is 1. The number of rotatable bonds is 10. The molecule has 1 unspecified atom stereocenters. The molecule has 3 rings (SSSR count). The Morgan fingerprint density at radius 1 is 1.15 bits per heavy atom. The molecule has 0 aliphatic heterocycles. The highest BCUT2D eigenvalue weighted by Gasteiger charge is 2.19. The van der Waals surface area contributed by atoms with Crippen molar-refractivity contribution >= 4 is 17.7 Å². The maximum atomic E-state index is 12.6. The maximum absolute atomic E-state index is 12.6. The third kappa shape index (κ3) is 7.62. The zero-order valence-electron chi connectivity index (χ0n) is 21.1. The summed E-state index contributed by atoms with van der Waals surface area (Å²) in [6, 6.07) is 16.3. The summed E-state index contributed by atoms with van der Waals surface area (Å²) in [5.41, 5.74) is 3.52. The number of aromatic nitrogens is 3. The molecular formula is C27H36N4O2S. The van der Waals surface area contributed by atoms with Crippen LogP contribution in [0.1, 0.15) is 57.5 Å². The minimum Gasteiger partial charge on any atom is -0.497 e. The van der Waals surface area contributed by atoms with Crippen molar-refractivity contribution in [1.82, 2.24) is 20.1 Å². The van der Waals surface area contributed by atoms with Crippen molar-refractivity contribution in [2.75, 3.05) is 7.11 Å². The first-order chi connectivity index (χ1) is 16.1. The van der Waals surface area contributed by atoms with E-state index in [1.54, 1.807) is 18.9 Å². The predicted octanol–water partition coefficient (Wildman–Crippen LogP) is 5.96. The number of aryl methyl sites for hydroxylation is 1. The predicted molar refractivity (Wildman–Crippen MR) is 138 cm³/mol. The van der Waals surface area contributed by atoms with E-state index in [4.69, 9.17) is 4.74 Å². The summed E-state index contributed by atoms with van der Waals surface area (Å²) in [5, 5.41) is 12.7. The number of benzene rings is 2. The largest absolute Gasteiger partial charge is 0.497 e. The van der Waals surface area contributed by atoms with Gasteiger partial charge in [0.15, 0.2) is 11.0 Å². The summed E-state index contributed by atoms with van der Waals surface area (Å²) in [7, 11) is 1.67. The van der Waals surface area contributed by atoms with Crippen molar-refractivity contribution in [3.05, 3.63) is 65.5 Å². The van der Waals surface area contributed by atoms with Crippen LogP contribution in [-0.2, 0) is 17.1 Å². The smallest absolute Gasteiger partial charge is 0.220 e. The lowest BCUT2D eigenvalue weighted by Crippen LogP contribution is -2.27. The van der Waals surface area contributed by atoms with Crippen LogP contribution in [0.4, 0.5) is 0 Å². The molecule has 34 heavy (non-hydrogen) atoms. The molecule has 3 aromatic rings. The zero-order valence-corrected chi connectivity index (χ0v) is 21.9. The van der Waals surface area contributed by atoms with Gasteiger partial charge in [0.05, 0.1) is 13.7 Å². The van der Waals surface area contributed by atoms with Gasteiger partial charge in [0.2, 0.25) is 5.91 Å². The van der Waals surface area contributed by atoms with Gasteiger partial charge in [-0.3, -0.25) is 9.36 Å². The van der Waals surface area contributed by atoms with Crippen LogP contribution in [-0.4, -0.2) is 27.8 Å². The van der Waals surface area contributed by atoms with Crippen LogP contribution in [0.5, 0.6) is 5.75 Å². The molecular weight excluding hydrogens is 444 g/mol. The van der Waals surface area contributed by atoms with Gasteiger partial charge in [0, 0.05) is 17.9 Å². The Bertz CT molecular complexity index is 1090. The van der Waals surface area contributed by atoms with Crippen molar-refractivity contribution in [3.63, 3.8) is 0 Å². The van der Waals surface area contributed by atoms with Crippen molar-refractivity contribution < 1.29 is 9.53 Å². The van der Waals surface area contributed by atoms with E-state index < -0.39 is 0 Å². The average Bonchev–Trinajstić information content (AvgIpc) is 3.18. The normalized spacial score (nSPS) is 12.4. The highest BCUT2D eigenvalue weighted by Crippen LogP contribution is 2.28. The average molecular weight is 481 g/mol. The Balaban J connectivity index is 1.74. The number of hydrogen-bond donors (Lipinski definition) is 1. The molecule has 6 nitrogen and oxygen atoms in total. The molecule has 7 heteroatoms. The summed E-state index contributed by atoms with van der Waals surface area (Å²) in [4.78, 5) is 12.6. The van der Waals surface area contributed by atoms with E-state index in [1.807, 2.05) is 22.8 Å². The van der Waals surface area contributed by atoms with Gasteiger partial charge in [-0.15, -0.1) is 10.2 Å². The first-order valence-electron chi connectivity index (χ1n) is 11.7. The third-order valence-electron chi connectivity index (χ3n) is 5.43. The molecule has 1 heterocycles. The molecule has 2 aromatic carbocycles. The SMILES string of the molecule is COc1cccc(CSc2nnc(CNC(=O)CC(C)CC(C)(C)C)n2-c2ccc(C)cc2)c1. The van der Waals surface area contributed by atoms with Gasteiger partial charge in [-0.1, -0.05) is 69.3 Å². The Hall–Kier alpha value is -2.80. The fourth-order valence-electron chi connectivity index (χ4n) is 4.06. The van der Waals surface area contributed by atoms with Gasteiger partial charge in [0.25, 0.3) is 0 Å². The Morgan fingerprint density at radius 3 is 2.56 bits per heavy atom. The highest BCUT2D eigenvalue weighted by atomic mass is 32.2. The highest BCUT2D eigenvalue weighted by molar-refractivity contribution is 7.98. The van der Waals surface area contributed by atoms with Crippen LogP contribution in [0.3, 0.4) is 0 Å². The molecule has 0 bridgehead atoms. The summed E-state index contributed by atoms with van der Waals surface area (Å²) < 4.78 is 7.37. The summed E-state index contributed by atoms with van der Waals surface area (Å²) in [6.07, 6.45) is 1.51. The minimum absolute atomic E-state index is 0.0424. The monoisotopic (exact) mass is 480 g/mol. The summed E-state index contributed by atoms with van der Waals surface area (Å²) >= 11 is 1.61. The fraction of sp³-hybridized carbons (Fsp3) is 0.444. The van der Waals surface area contributed by atoms with E-state index in [0.29, 0.717) is 24.7 Å². The van der Waals surface area contributed by atoms with Gasteiger partial charge < -0.3 is 10.1 Å². The first kappa shape index (κ1) is 25.8. The molecule has 1 amide bonds. The van der Waals surface area contributed by atoms with Crippen LogP contribution in [0.25, 0.3) is 5.69 Å². The maximum Gasteiger partial charge on any atom is 0.220 e. The molecule has 0 aliphatic carbocycles. The van der Waals surface area contributed by atoms with E-state index >= 15 is 0 Å². The molecule has 0 fully saturated rings. The van der Waals surface area contributed by atoms with Crippen molar-refractivity contribution in [3.8, 4) is 11.4 Å². The van der Waals surface area contributed by atoms with E-state index in [9.17, 15) is 4.79 Å². The first-order valence-corrected chi connectivity index (χ1v) is 12.7. The minimum atomic E-state index is 0.0424. The van der Waals surface area contributed by atoms with Gasteiger partial charge in [-0.25, -0.2) is 0 Å². The number of carbonyl (C=O) groups excluding carboxylic acids is 1. The fourth-order valence-corrected chi connectivity index (χ4v) is 4.97. The summed E-state index contributed by atoms with van der Waals surface area (Å²) in [5.74, 6) is 2.65. The second-order valence-electron chi connectivity index (χ2n) is 10.1. The molecule has 0 radical (unpaired) electrons. The molecule has 0 spiro atoms.